The highest BCUT2D eigenvalue weighted by molar-refractivity contribution is 7.09. The van der Waals surface area contributed by atoms with E-state index in [4.69, 9.17) is 5.73 Å². The second-order valence-electron chi connectivity index (χ2n) is 2.61. The molecule has 0 atom stereocenters. The zero-order chi connectivity index (χ0) is 9.80. The number of nitrogens with two attached hydrogens (primary N) is 1. The Bertz CT molecular complexity index is 400. The van der Waals surface area contributed by atoms with Gasteiger partial charge in [-0.25, -0.2) is 15.0 Å². The van der Waals surface area contributed by atoms with E-state index in [0.717, 1.165) is 5.01 Å². The first-order valence-electron chi connectivity index (χ1n) is 4.04. The first-order valence-corrected chi connectivity index (χ1v) is 4.92. The molecule has 14 heavy (non-hydrogen) atoms. The van der Waals surface area contributed by atoms with Crippen LogP contribution in [0.3, 0.4) is 0 Å². The molecule has 0 saturated heterocycles. The highest BCUT2D eigenvalue weighted by Crippen LogP contribution is 2.09. The lowest BCUT2D eigenvalue weighted by Crippen LogP contribution is -2.02. The Kier molecular flexibility index (Phi) is 2.55. The van der Waals surface area contributed by atoms with E-state index >= 15 is 0 Å². The third-order valence-corrected chi connectivity index (χ3v) is 2.37. The molecule has 0 aromatic carbocycles. The molecule has 0 saturated carbocycles. The lowest BCUT2D eigenvalue weighted by atomic mass is 10.5. The predicted molar refractivity (Wildman–Crippen MR) is 55.9 cm³/mol. The van der Waals surface area contributed by atoms with Crippen molar-refractivity contribution < 1.29 is 0 Å². The Labute approximate surface area is 85.0 Å². The number of anilines is 2. The average molecular weight is 207 g/mol. The zero-order valence-electron chi connectivity index (χ0n) is 7.34. The van der Waals surface area contributed by atoms with Crippen molar-refractivity contribution in [2.45, 2.75) is 6.54 Å². The van der Waals surface area contributed by atoms with Crippen molar-refractivity contribution >= 4 is 23.0 Å². The van der Waals surface area contributed by atoms with Gasteiger partial charge in [-0.1, -0.05) is 0 Å². The summed E-state index contributed by atoms with van der Waals surface area (Å²) in [5, 5.41) is 6.06. The second kappa shape index (κ2) is 4.01. The monoisotopic (exact) mass is 207 g/mol. The molecule has 0 aliphatic carbocycles. The number of nitrogens with one attached hydrogen (secondary N) is 1. The molecule has 0 spiro atoms. The number of rotatable bonds is 3. The molecule has 0 bridgehead atoms. The van der Waals surface area contributed by atoms with Crippen LogP contribution in [0, 0.1) is 0 Å². The van der Waals surface area contributed by atoms with Crippen LogP contribution in [0.2, 0.25) is 0 Å². The normalized spacial score (nSPS) is 10.0. The van der Waals surface area contributed by atoms with Crippen molar-refractivity contribution in [3.63, 3.8) is 0 Å². The van der Waals surface area contributed by atoms with Crippen LogP contribution in [-0.2, 0) is 6.54 Å². The molecule has 0 fully saturated rings. The Morgan fingerprint density at radius 1 is 1.36 bits per heavy atom. The number of hydrogen-bond acceptors (Lipinski definition) is 6. The SMILES string of the molecule is Nc1cc(NCc2nccs2)ncn1. The van der Waals surface area contributed by atoms with Crippen LogP contribution >= 0.6 is 11.3 Å². The number of hydrogen-bond donors (Lipinski definition) is 2. The van der Waals surface area contributed by atoms with Crippen LogP contribution in [-0.4, -0.2) is 15.0 Å². The van der Waals surface area contributed by atoms with Gasteiger partial charge in [0.05, 0.1) is 6.54 Å². The Hall–Kier alpha value is -1.69. The third-order valence-electron chi connectivity index (χ3n) is 1.59. The maximum absolute atomic E-state index is 5.50. The van der Waals surface area contributed by atoms with Crippen LogP contribution in [0.4, 0.5) is 11.6 Å². The van der Waals surface area contributed by atoms with Gasteiger partial charge in [0.2, 0.25) is 0 Å². The summed E-state index contributed by atoms with van der Waals surface area (Å²) in [6.45, 7) is 0.661. The molecule has 0 radical (unpaired) electrons. The summed E-state index contributed by atoms with van der Waals surface area (Å²) in [6.07, 6.45) is 3.20. The lowest BCUT2D eigenvalue weighted by molar-refractivity contribution is 1.06. The molecule has 72 valence electrons. The van der Waals surface area contributed by atoms with Crippen LogP contribution in [0.1, 0.15) is 5.01 Å². The minimum Gasteiger partial charge on any atom is -0.384 e. The second-order valence-corrected chi connectivity index (χ2v) is 3.59. The maximum Gasteiger partial charge on any atom is 0.131 e. The summed E-state index contributed by atoms with van der Waals surface area (Å²) in [6, 6.07) is 1.69. The van der Waals surface area contributed by atoms with Crippen molar-refractivity contribution in [1.82, 2.24) is 15.0 Å². The summed E-state index contributed by atoms with van der Waals surface area (Å²) >= 11 is 1.60. The molecule has 2 aromatic heterocycles. The fraction of sp³-hybridized carbons (Fsp3) is 0.125. The Morgan fingerprint density at radius 3 is 3.00 bits per heavy atom. The van der Waals surface area contributed by atoms with Crippen molar-refractivity contribution in [3.05, 3.63) is 29.0 Å². The van der Waals surface area contributed by atoms with E-state index in [9.17, 15) is 0 Å². The summed E-state index contributed by atoms with van der Waals surface area (Å²) in [7, 11) is 0. The van der Waals surface area contributed by atoms with Gasteiger partial charge in [-0.2, -0.15) is 0 Å². The molecule has 2 rings (SSSR count). The molecular formula is C8H9N5S. The fourth-order valence-corrected chi connectivity index (χ4v) is 1.53. The molecule has 5 nitrogen and oxygen atoms in total. The van der Waals surface area contributed by atoms with Crippen molar-refractivity contribution in [1.29, 1.82) is 0 Å². The van der Waals surface area contributed by atoms with Gasteiger partial charge in [0.25, 0.3) is 0 Å². The third kappa shape index (κ3) is 2.17. The van der Waals surface area contributed by atoms with Gasteiger partial charge in [-0.3, -0.25) is 0 Å². The molecule has 3 N–H and O–H groups in total. The number of thiazole rings is 1. The summed E-state index contributed by atoms with van der Waals surface area (Å²) in [5.74, 6) is 1.18. The van der Waals surface area contributed by atoms with E-state index in [2.05, 4.69) is 20.3 Å². The molecule has 0 aliphatic heterocycles. The Morgan fingerprint density at radius 2 is 2.29 bits per heavy atom. The molecule has 0 unspecified atom stereocenters. The minimum absolute atomic E-state index is 0.460. The van der Waals surface area contributed by atoms with Crippen molar-refractivity contribution in [3.8, 4) is 0 Å². The van der Waals surface area contributed by atoms with E-state index in [1.54, 1.807) is 23.6 Å². The van der Waals surface area contributed by atoms with Gasteiger partial charge in [0, 0.05) is 17.6 Å². The van der Waals surface area contributed by atoms with Gasteiger partial charge in [-0.15, -0.1) is 11.3 Å². The van der Waals surface area contributed by atoms with E-state index < -0.39 is 0 Å². The van der Waals surface area contributed by atoms with Gasteiger partial charge in [0.15, 0.2) is 0 Å². The average Bonchev–Trinajstić information content (AvgIpc) is 2.67. The molecule has 2 heterocycles. The van der Waals surface area contributed by atoms with Crippen LogP contribution in [0.15, 0.2) is 24.0 Å². The summed E-state index contributed by atoms with van der Waals surface area (Å²) < 4.78 is 0. The molecule has 2 aromatic rings. The standard InChI is InChI=1S/C8H9N5S/c9-6-3-7(13-5-12-6)11-4-8-10-1-2-14-8/h1-3,5H,4H2,(H3,9,11,12,13). The fourth-order valence-electron chi connectivity index (χ4n) is 0.975. The largest absolute Gasteiger partial charge is 0.384 e. The maximum atomic E-state index is 5.50. The first kappa shape index (κ1) is 8.89. The predicted octanol–water partition coefficient (Wildman–Crippen LogP) is 1.13. The van der Waals surface area contributed by atoms with Gasteiger partial charge in [0.1, 0.15) is 23.0 Å². The van der Waals surface area contributed by atoms with E-state index in [1.807, 2.05) is 5.38 Å². The van der Waals surface area contributed by atoms with Crippen molar-refractivity contribution in [2.75, 3.05) is 11.1 Å². The molecule has 0 aliphatic rings. The van der Waals surface area contributed by atoms with Crippen LogP contribution in [0.25, 0.3) is 0 Å². The smallest absolute Gasteiger partial charge is 0.131 e. The van der Waals surface area contributed by atoms with Gasteiger partial charge >= 0.3 is 0 Å². The number of nitrogens with zero attached hydrogens (tertiary/aromatic N) is 3. The molecule has 0 amide bonds. The summed E-state index contributed by atoms with van der Waals surface area (Å²) in [4.78, 5) is 11.9. The lowest BCUT2D eigenvalue weighted by Gasteiger charge is -2.02. The van der Waals surface area contributed by atoms with Crippen LogP contribution < -0.4 is 11.1 Å². The topological polar surface area (TPSA) is 76.7 Å². The summed E-state index contributed by atoms with van der Waals surface area (Å²) in [5.41, 5.74) is 5.50. The van der Waals surface area contributed by atoms with Gasteiger partial charge < -0.3 is 11.1 Å². The van der Waals surface area contributed by atoms with Gasteiger partial charge in [-0.05, 0) is 0 Å². The number of aromatic nitrogens is 3. The highest BCUT2D eigenvalue weighted by Gasteiger charge is 1.97. The highest BCUT2D eigenvalue weighted by atomic mass is 32.1. The van der Waals surface area contributed by atoms with Crippen molar-refractivity contribution in [2.24, 2.45) is 0 Å². The zero-order valence-corrected chi connectivity index (χ0v) is 8.16. The number of nitrogen functional groups attached to an aromatic ring is 1. The molecular weight excluding hydrogens is 198 g/mol. The minimum atomic E-state index is 0.460. The first-order chi connectivity index (χ1) is 6.84. The van der Waals surface area contributed by atoms with E-state index in [1.165, 1.54) is 6.33 Å². The van der Waals surface area contributed by atoms with E-state index in [-0.39, 0.29) is 0 Å². The van der Waals surface area contributed by atoms with E-state index in [0.29, 0.717) is 18.2 Å². The molecule has 6 heteroatoms. The van der Waals surface area contributed by atoms with Crippen LogP contribution in [0.5, 0.6) is 0 Å². The quantitative estimate of drug-likeness (QED) is 0.788. The Balaban J connectivity index is 1.98.